The number of carboxylic acid groups (broad SMARTS) is 1. The number of hydrogen-bond acceptors (Lipinski definition) is 3. The maximum Gasteiger partial charge on any atom is 0.309 e. The van der Waals surface area contributed by atoms with Crippen molar-refractivity contribution in [2.45, 2.75) is 38.5 Å². The minimum absolute atomic E-state index is 0.0501. The topological polar surface area (TPSA) is 79.3 Å². The first-order chi connectivity index (χ1) is 9.63. The molecule has 0 spiro atoms. The molecule has 106 valence electrons. The van der Waals surface area contributed by atoms with E-state index in [1.54, 1.807) is 12.1 Å². The molecule has 1 aromatic rings. The number of hydrogen-bond donors (Lipinski definition) is 2. The molecule has 0 fully saturated rings. The first-order valence-corrected chi connectivity index (χ1v) is 6.78. The van der Waals surface area contributed by atoms with Gasteiger partial charge in [0.25, 0.3) is 0 Å². The standard InChI is InChI=1S/C15H18N2O3/c18-14(8-11-4-2-1-3-5-11)17-13-7-6-12(16-10-13)9-15(19)20/h4,6-7,10H,1-3,5,8-9H2,(H,17,18)(H,19,20). The Morgan fingerprint density at radius 1 is 1.25 bits per heavy atom. The van der Waals surface area contributed by atoms with Gasteiger partial charge in [-0.1, -0.05) is 11.6 Å². The number of aliphatic carboxylic acids is 1. The number of nitrogens with zero attached hydrogens (tertiary/aromatic N) is 1. The number of rotatable bonds is 5. The van der Waals surface area contributed by atoms with Gasteiger partial charge in [0.15, 0.2) is 0 Å². The van der Waals surface area contributed by atoms with Crippen molar-refractivity contribution >= 4 is 17.6 Å². The second-order valence-electron chi connectivity index (χ2n) is 4.94. The Kier molecular flexibility index (Phi) is 4.87. The Morgan fingerprint density at radius 2 is 2.10 bits per heavy atom. The molecule has 0 atom stereocenters. The monoisotopic (exact) mass is 274 g/mol. The zero-order valence-electron chi connectivity index (χ0n) is 11.3. The number of carboxylic acids is 1. The summed E-state index contributed by atoms with van der Waals surface area (Å²) < 4.78 is 0. The highest BCUT2D eigenvalue weighted by Gasteiger charge is 2.09. The average Bonchev–Trinajstić information content (AvgIpc) is 2.41. The summed E-state index contributed by atoms with van der Waals surface area (Å²) >= 11 is 0. The number of allylic oxidation sites excluding steroid dienone is 1. The Balaban J connectivity index is 1.87. The van der Waals surface area contributed by atoms with Crippen molar-refractivity contribution in [2.75, 3.05) is 5.32 Å². The van der Waals surface area contributed by atoms with Gasteiger partial charge in [0.1, 0.15) is 0 Å². The van der Waals surface area contributed by atoms with E-state index in [4.69, 9.17) is 5.11 Å². The Labute approximate surface area is 117 Å². The second-order valence-corrected chi connectivity index (χ2v) is 4.94. The summed E-state index contributed by atoms with van der Waals surface area (Å²) in [6.07, 6.45) is 8.39. The van der Waals surface area contributed by atoms with E-state index in [0.717, 1.165) is 19.3 Å². The molecule has 2 N–H and O–H groups in total. The highest BCUT2D eigenvalue weighted by atomic mass is 16.4. The van der Waals surface area contributed by atoms with E-state index in [1.807, 2.05) is 0 Å². The molecule has 1 amide bonds. The number of aromatic nitrogens is 1. The van der Waals surface area contributed by atoms with Gasteiger partial charge >= 0.3 is 5.97 Å². The maximum absolute atomic E-state index is 11.9. The maximum atomic E-state index is 11.9. The molecule has 5 nitrogen and oxygen atoms in total. The minimum Gasteiger partial charge on any atom is -0.481 e. The smallest absolute Gasteiger partial charge is 0.309 e. The fourth-order valence-electron chi connectivity index (χ4n) is 2.23. The van der Waals surface area contributed by atoms with Crippen molar-refractivity contribution in [3.05, 3.63) is 35.7 Å². The largest absolute Gasteiger partial charge is 0.481 e. The van der Waals surface area contributed by atoms with Crippen molar-refractivity contribution in [2.24, 2.45) is 0 Å². The predicted octanol–water partition coefficient (Wildman–Crippen LogP) is 2.54. The molecule has 0 aliphatic heterocycles. The Hall–Kier alpha value is -2.17. The quantitative estimate of drug-likeness (QED) is 0.809. The Bertz CT molecular complexity index is 520. The van der Waals surface area contributed by atoms with Gasteiger partial charge in [-0.2, -0.15) is 0 Å². The second kappa shape index (κ2) is 6.84. The number of nitrogens with one attached hydrogen (secondary N) is 1. The fourth-order valence-corrected chi connectivity index (χ4v) is 2.23. The van der Waals surface area contributed by atoms with Crippen molar-refractivity contribution in [3.63, 3.8) is 0 Å². The van der Waals surface area contributed by atoms with Crippen LogP contribution in [0.2, 0.25) is 0 Å². The molecule has 1 heterocycles. The zero-order valence-corrected chi connectivity index (χ0v) is 11.3. The van der Waals surface area contributed by atoms with E-state index in [1.165, 1.54) is 18.2 Å². The van der Waals surface area contributed by atoms with Gasteiger partial charge in [0.2, 0.25) is 5.91 Å². The van der Waals surface area contributed by atoms with Gasteiger partial charge in [-0.05, 0) is 37.8 Å². The van der Waals surface area contributed by atoms with Gasteiger partial charge in [0.05, 0.1) is 24.0 Å². The lowest BCUT2D eigenvalue weighted by Gasteiger charge is -2.12. The number of pyridine rings is 1. The van der Waals surface area contributed by atoms with E-state index in [0.29, 0.717) is 17.8 Å². The number of carbonyl (C=O) groups excluding carboxylic acids is 1. The molecule has 0 aromatic carbocycles. The molecule has 1 aromatic heterocycles. The highest BCUT2D eigenvalue weighted by Crippen LogP contribution is 2.20. The van der Waals surface area contributed by atoms with Crippen LogP contribution in [-0.2, 0) is 16.0 Å². The van der Waals surface area contributed by atoms with E-state index >= 15 is 0 Å². The summed E-state index contributed by atoms with van der Waals surface area (Å²) in [6.45, 7) is 0. The van der Waals surface area contributed by atoms with Crippen LogP contribution < -0.4 is 5.32 Å². The van der Waals surface area contributed by atoms with Crippen molar-refractivity contribution in [1.82, 2.24) is 4.98 Å². The third-order valence-electron chi connectivity index (χ3n) is 3.21. The molecule has 2 rings (SSSR count). The normalized spacial score (nSPS) is 14.5. The molecule has 0 saturated carbocycles. The van der Waals surface area contributed by atoms with E-state index in [-0.39, 0.29) is 12.3 Å². The van der Waals surface area contributed by atoms with Crippen LogP contribution in [0.3, 0.4) is 0 Å². The molecule has 1 aliphatic carbocycles. The van der Waals surface area contributed by atoms with E-state index in [2.05, 4.69) is 16.4 Å². The van der Waals surface area contributed by atoms with Crippen molar-refractivity contribution < 1.29 is 14.7 Å². The summed E-state index contributed by atoms with van der Waals surface area (Å²) in [7, 11) is 0. The van der Waals surface area contributed by atoms with Gasteiger partial charge in [-0.15, -0.1) is 0 Å². The van der Waals surface area contributed by atoms with Crippen molar-refractivity contribution in [3.8, 4) is 0 Å². The summed E-state index contributed by atoms with van der Waals surface area (Å²) in [5.74, 6) is -0.968. The van der Waals surface area contributed by atoms with Crippen LogP contribution in [0, 0.1) is 0 Å². The molecular formula is C15H18N2O3. The van der Waals surface area contributed by atoms with Crippen LogP contribution in [0.4, 0.5) is 5.69 Å². The van der Waals surface area contributed by atoms with Crippen LogP contribution >= 0.6 is 0 Å². The van der Waals surface area contributed by atoms with Crippen LogP contribution in [-0.4, -0.2) is 22.0 Å². The first kappa shape index (κ1) is 14.2. The number of amides is 1. The molecule has 5 heteroatoms. The highest BCUT2D eigenvalue weighted by molar-refractivity contribution is 5.92. The summed E-state index contributed by atoms with van der Waals surface area (Å²) in [5.41, 5.74) is 2.27. The lowest BCUT2D eigenvalue weighted by atomic mass is 9.97. The molecule has 1 aliphatic rings. The Morgan fingerprint density at radius 3 is 2.70 bits per heavy atom. The molecule has 0 bridgehead atoms. The molecular weight excluding hydrogens is 256 g/mol. The summed E-state index contributed by atoms with van der Waals surface area (Å²) in [4.78, 5) is 26.4. The molecule has 0 unspecified atom stereocenters. The van der Waals surface area contributed by atoms with E-state index < -0.39 is 5.97 Å². The summed E-state index contributed by atoms with van der Waals surface area (Å²) in [5, 5.41) is 11.4. The van der Waals surface area contributed by atoms with Gasteiger partial charge in [-0.25, -0.2) is 0 Å². The van der Waals surface area contributed by atoms with Crippen LogP contribution in [0.15, 0.2) is 30.0 Å². The van der Waals surface area contributed by atoms with E-state index in [9.17, 15) is 9.59 Å². The average molecular weight is 274 g/mol. The van der Waals surface area contributed by atoms with Crippen LogP contribution in [0.25, 0.3) is 0 Å². The third kappa shape index (κ3) is 4.50. The molecule has 0 saturated heterocycles. The van der Waals surface area contributed by atoms with Gasteiger partial charge in [0, 0.05) is 6.42 Å². The lowest BCUT2D eigenvalue weighted by Crippen LogP contribution is -2.13. The van der Waals surface area contributed by atoms with Gasteiger partial charge < -0.3 is 10.4 Å². The fraction of sp³-hybridized carbons (Fsp3) is 0.400. The summed E-state index contributed by atoms with van der Waals surface area (Å²) in [6, 6.07) is 3.29. The van der Waals surface area contributed by atoms with Crippen molar-refractivity contribution in [1.29, 1.82) is 0 Å². The third-order valence-corrected chi connectivity index (χ3v) is 3.21. The van der Waals surface area contributed by atoms with Crippen LogP contribution in [0.5, 0.6) is 0 Å². The number of carbonyl (C=O) groups is 2. The predicted molar refractivity (Wildman–Crippen MR) is 75.4 cm³/mol. The zero-order chi connectivity index (χ0) is 14.4. The number of anilines is 1. The van der Waals surface area contributed by atoms with Gasteiger partial charge in [-0.3, -0.25) is 14.6 Å². The first-order valence-electron chi connectivity index (χ1n) is 6.78. The van der Waals surface area contributed by atoms with Crippen LogP contribution in [0.1, 0.15) is 37.8 Å². The lowest BCUT2D eigenvalue weighted by molar-refractivity contribution is -0.136. The minimum atomic E-state index is -0.918. The SMILES string of the molecule is O=C(O)Cc1ccc(NC(=O)CC2=CCCCC2)cn1. The molecule has 0 radical (unpaired) electrons. The molecule has 20 heavy (non-hydrogen) atoms.